The van der Waals surface area contributed by atoms with E-state index in [1.54, 1.807) is 0 Å². The van der Waals surface area contributed by atoms with Gasteiger partial charge in [0.15, 0.2) is 0 Å². The minimum Gasteiger partial charge on any atom is -0.379 e. The fourth-order valence-electron chi connectivity index (χ4n) is 5.21. The van der Waals surface area contributed by atoms with Gasteiger partial charge in [0.25, 0.3) is 0 Å². The van der Waals surface area contributed by atoms with E-state index in [1.807, 2.05) is 0 Å². The van der Waals surface area contributed by atoms with Gasteiger partial charge in [-0.2, -0.15) is 0 Å². The average Bonchev–Trinajstić information content (AvgIpc) is 3.33. The summed E-state index contributed by atoms with van der Waals surface area (Å²) in [4.78, 5) is 14.8. The Kier molecular flexibility index (Phi) is 5.60. The van der Waals surface area contributed by atoms with Gasteiger partial charge >= 0.3 is 0 Å². The Morgan fingerprint density at radius 3 is 2.25 bits per heavy atom. The van der Waals surface area contributed by atoms with Crippen LogP contribution < -0.4 is 0 Å². The van der Waals surface area contributed by atoms with Crippen LogP contribution in [0, 0.1) is 27.7 Å². The van der Waals surface area contributed by atoms with Crippen LogP contribution in [0.3, 0.4) is 0 Å². The molecule has 2 aromatic carbocycles. The molecule has 6 nitrogen and oxygen atoms in total. The predicted octanol–water partition coefficient (Wildman–Crippen LogP) is 4.64. The van der Waals surface area contributed by atoms with Crippen molar-refractivity contribution in [3.05, 3.63) is 68.2 Å². The summed E-state index contributed by atoms with van der Waals surface area (Å²) in [5.74, 6) is 0. The summed E-state index contributed by atoms with van der Waals surface area (Å²) >= 11 is 3.61. The van der Waals surface area contributed by atoms with Gasteiger partial charge in [-0.05, 0) is 62.1 Å². The second-order valence-corrected chi connectivity index (χ2v) is 9.84. The van der Waals surface area contributed by atoms with Crippen LogP contribution in [-0.2, 0) is 14.4 Å². The van der Waals surface area contributed by atoms with Gasteiger partial charge in [-0.3, -0.25) is 4.90 Å². The molecular formula is C25H28BrN3O3. The second-order valence-electron chi connectivity index (χ2n) is 8.92. The number of nitrogens with zero attached hydrogens (tertiary/aromatic N) is 3. The molecule has 3 aliphatic heterocycles. The van der Waals surface area contributed by atoms with Crippen molar-refractivity contribution < 1.29 is 14.4 Å². The van der Waals surface area contributed by atoms with Crippen LogP contribution in [0.15, 0.2) is 45.1 Å². The van der Waals surface area contributed by atoms with E-state index in [9.17, 15) is 0 Å². The highest BCUT2D eigenvalue weighted by atomic mass is 79.9. The van der Waals surface area contributed by atoms with Crippen molar-refractivity contribution in [1.82, 2.24) is 4.90 Å². The highest BCUT2D eigenvalue weighted by molar-refractivity contribution is 9.10. The van der Waals surface area contributed by atoms with Crippen LogP contribution in [0.4, 0.5) is 0 Å². The first kappa shape index (κ1) is 21.6. The molecule has 2 atom stereocenters. The zero-order chi connectivity index (χ0) is 22.5. The molecule has 3 aliphatic rings. The molecule has 5 rings (SSSR count). The number of halogens is 1. The maximum Gasteiger partial charge on any atom is 0.241 e. The van der Waals surface area contributed by atoms with Crippen LogP contribution >= 0.6 is 15.9 Å². The Morgan fingerprint density at radius 1 is 0.938 bits per heavy atom. The quantitative estimate of drug-likeness (QED) is 0.619. The molecule has 1 spiro atoms. The van der Waals surface area contributed by atoms with Crippen molar-refractivity contribution >= 4 is 27.4 Å². The first-order valence-electron chi connectivity index (χ1n) is 11.1. The fraction of sp³-hybridized carbons (Fsp3) is 0.440. The first-order chi connectivity index (χ1) is 15.4. The fourth-order valence-corrected chi connectivity index (χ4v) is 5.90. The highest BCUT2D eigenvalue weighted by Crippen LogP contribution is 2.43. The standard InChI is InChI=1S/C25H28BrN3O3/c1-15-6-5-7-16(2)21(15)20-14-25(32-27-20)23(22-17(3)12-19(26)13-18(22)4)28-31-24(25)29-8-10-30-11-9-29/h5-7,12-13,24H,8-11,14H2,1-4H3. The van der Waals surface area contributed by atoms with Crippen LogP contribution in [0.5, 0.6) is 0 Å². The van der Waals surface area contributed by atoms with E-state index in [-0.39, 0.29) is 6.23 Å². The lowest BCUT2D eigenvalue weighted by atomic mass is 9.81. The molecule has 0 saturated carbocycles. The third-order valence-electron chi connectivity index (χ3n) is 6.67. The summed E-state index contributed by atoms with van der Waals surface area (Å²) < 4.78 is 6.64. The molecule has 2 aromatic rings. The monoisotopic (exact) mass is 497 g/mol. The number of aryl methyl sites for hydroxylation is 4. The summed E-state index contributed by atoms with van der Waals surface area (Å²) in [5.41, 5.74) is 7.84. The van der Waals surface area contributed by atoms with Gasteiger partial charge in [0.05, 0.1) is 18.9 Å². The molecule has 0 aromatic heterocycles. The van der Waals surface area contributed by atoms with Gasteiger partial charge in [0.2, 0.25) is 11.8 Å². The number of benzene rings is 2. The predicted molar refractivity (Wildman–Crippen MR) is 128 cm³/mol. The van der Waals surface area contributed by atoms with E-state index >= 15 is 0 Å². The Bertz CT molecular complexity index is 1080. The molecule has 0 N–H and O–H groups in total. The van der Waals surface area contributed by atoms with Crippen LogP contribution in [0.1, 0.15) is 39.8 Å². The third kappa shape index (κ3) is 3.47. The van der Waals surface area contributed by atoms with E-state index in [4.69, 9.17) is 14.4 Å². The number of rotatable bonds is 3. The Morgan fingerprint density at radius 2 is 1.59 bits per heavy atom. The molecule has 1 fully saturated rings. The van der Waals surface area contributed by atoms with Gasteiger partial charge in [-0.15, -0.1) is 0 Å². The molecule has 0 aliphatic carbocycles. The van der Waals surface area contributed by atoms with Crippen molar-refractivity contribution in [2.75, 3.05) is 26.3 Å². The van der Waals surface area contributed by atoms with Gasteiger partial charge < -0.3 is 14.4 Å². The molecular weight excluding hydrogens is 470 g/mol. The van der Waals surface area contributed by atoms with E-state index in [2.05, 4.69) is 89.2 Å². The van der Waals surface area contributed by atoms with Crippen LogP contribution in [0.2, 0.25) is 0 Å². The topological polar surface area (TPSA) is 55.7 Å². The minimum absolute atomic E-state index is 0.352. The van der Waals surface area contributed by atoms with Crippen molar-refractivity contribution in [2.45, 2.75) is 45.9 Å². The third-order valence-corrected chi connectivity index (χ3v) is 7.13. The molecule has 0 bridgehead atoms. The summed E-state index contributed by atoms with van der Waals surface area (Å²) in [5, 5.41) is 9.29. The lowest BCUT2D eigenvalue weighted by molar-refractivity contribution is -0.159. The molecule has 7 heteroatoms. The van der Waals surface area contributed by atoms with Crippen molar-refractivity contribution in [2.24, 2.45) is 10.3 Å². The maximum atomic E-state index is 6.39. The summed E-state index contributed by atoms with van der Waals surface area (Å²) in [7, 11) is 0. The van der Waals surface area contributed by atoms with Crippen molar-refractivity contribution in [3.63, 3.8) is 0 Å². The van der Waals surface area contributed by atoms with Gasteiger partial charge in [-0.25, -0.2) is 0 Å². The number of oxime groups is 2. The molecule has 0 radical (unpaired) electrons. The maximum absolute atomic E-state index is 6.39. The zero-order valence-electron chi connectivity index (χ0n) is 18.9. The molecule has 1 saturated heterocycles. The van der Waals surface area contributed by atoms with E-state index < -0.39 is 5.60 Å². The van der Waals surface area contributed by atoms with E-state index in [1.165, 1.54) is 11.1 Å². The summed E-state index contributed by atoms with van der Waals surface area (Å²) in [6, 6.07) is 10.6. The molecule has 32 heavy (non-hydrogen) atoms. The SMILES string of the molecule is Cc1cccc(C)c1C1=NOC2(C1)C(c1c(C)cc(Br)cc1C)=NOC2N1CCOCC1. The van der Waals surface area contributed by atoms with Crippen molar-refractivity contribution in [3.8, 4) is 0 Å². The lowest BCUT2D eigenvalue weighted by Gasteiger charge is -2.37. The smallest absolute Gasteiger partial charge is 0.241 e. The van der Waals surface area contributed by atoms with Gasteiger partial charge in [-0.1, -0.05) is 44.4 Å². The highest BCUT2D eigenvalue weighted by Gasteiger charge is 2.60. The zero-order valence-corrected chi connectivity index (χ0v) is 20.5. The Hall–Kier alpha value is -2.22. The second kappa shape index (κ2) is 8.28. The van der Waals surface area contributed by atoms with Gasteiger partial charge in [0, 0.05) is 35.1 Å². The Labute approximate surface area is 197 Å². The number of ether oxygens (including phenoxy) is 1. The first-order valence-corrected chi connectivity index (χ1v) is 11.8. The van der Waals surface area contributed by atoms with E-state index in [0.29, 0.717) is 19.6 Å². The van der Waals surface area contributed by atoms with Crippen LogP contribution in [0.25, 0.3) is 0 Å². The largest absolute Gasteiger partial charge is 0.379 e. The minimum atomic E-state index is -0.801. The average molecular weight is 498 g/mol. The number of hydrogen-bond donors (Lipinski definition) is 0. The lowest BCUT2D eigenvalue weighted by Crippen LogP contribution is -2.57. The molecule has 2 unspecified atom stereocenters. The summed E-state index contributed by atoms with van der Waals surface area (Å²) in [6.45, 7) is 11.3. The number of hydrogen-bond acceptors (Lipinski definition) is 6. The number of morpholine rings is 1. The molecule has 168 valence electrons. The van der Waals surface area contributed by atoms with Crippen LogP contribution in [-0.4, -0.2) is 54.5 Å². The van der Waals surface area contributed by atoms with Gasteiger partial charge in [0.1, 0.15) is 5.71 Å². The Balaban J connectivity index is 1.59. The molecule has 3 heterocycles. The summed E-state index contributed by atoms with van der Waals surface area (Å²) in [6.07, 6.45) is 0.253. The van der Waals surface area contributed by atoms with Crippen molar-refractivity contribution in [1.29, 1.82) is 0 Å². The van der Waals surface area contributed by atoms with E-state index in [0.717, 1.165) is 51.2 Å². The molecule has 0 amide bonds. The normalized spacial score (nSPS) is 25.5.